The lowest BCUT2D eigenvalue weighted by Crippen LogP contribution is -2.59. The van der Waals surface area contributed by atoms with Crippen LogP contribution in [0.3, 0.4) is 0 Å². The number of hydrogen-bond acceptors (Lipinski definition) is 15. The smallest absolute Gasteiger partial charge is 0.303 e. The highest BCUT2D eigenvalue weighted by atomic mass is 16.7. The van der Waals surface area contributed by atoms with Gasteiger partial charge in [-0.3, -0.25) is 19.2 Å². The van der Waals surface area contributed by atoms with Gasteiger partial charge in [0.15, 0.2) is 18.3 Å². The first kappa shape index (κ1) is 49.5. The molecule has 0 radical (unpaired) electrons. The molecule has 5 aromatic carbocycles. The third-order valence-electron chi connectivity index (χ3n) is 11.8. The minimum atomic E-state index is -1.43. The van der Waals surface area contributed by atoms with Crippen molar-refractivity contribution < 1.29 is 71.3 Å². The van der Waals surface area contributed by atoms with Gasteiger partial charge in [0.05, 0.1) is 40.1 Å². The monoisotopic (exact) mass is 934 g/mol. The molecule has 2 saturated heterocycles. The molecule has 0 spiro atoms. The summed E-state index contributed by atoms with van der Waals surface area (Å²) in [6.45, 7) is 7.03. The minimum Gasteiger partial charge on any atom is -0.496 e. The van der Waals surface area contributed by atoms with Crippen molar-refractivity contribution in [2.75, 3.05) is 20.8 Å². The van der Waals surface area contributed by atoms with E-state index in [-0.39, 0.29) is 19.8 Å². The maximum absolute atomic E-state index is 13.0. The van der Waals surface area contributed by atoms with Gasteiger partial charge in [-0.25, -0.2) is 0 Å². The zero-order valence-corrected chi connectivity index (χ0v) is 39.2. The first-order chi connectivity index (χ1) is 32.9. The molecule has 7 rings (SSSR count). The van der Waals surface area contributed by atoms with E-state index in [9.17, 15) is 19.2 Å². The third-order valence-corrected chi connectivity index (χ3v) is 11.8. The zero-order valence-electron chi connectivity index (χ0n) is 39.2. The Balaban J connectivity index is 1.40. The van der Waals surface area contributed by atoms with Crippen molar-refractivity contribution in [3.63, 3.8) is 0 Å². The predicted octanol–water partition coefficient (Wildman–Crippen LogP) is 7.87. The van der Waals surface area contributed by atoms with Crippen LogP contribution in [-0.4, -0.2) is 93.5 Å². The Kier molecular flexibility index (Phi) is 16.8. The van der Waals surface area contributed by atoms with Crippen LogP contribution in [-0.2, 0) is 81.6 Å². The Hall–Kier alpha value is -6.36. The molecule has 10 atom stereocenters. The first-order valence-electron chi connectivity index (χ1n) is 22.5. The van der Waals surface area contributed by atoms with Crippen LogP contribution in [0.4, 0.5) is 0 Å². The van der Waals surface area contributed by atoms with Crippen LogP contribution < -0.4 is 9.47 Å². The van der Waals surface area contributed by atoms with E-state index in [2.05, 4.69) is 0 Å². The molecule has 0 amide bonds. The molecular weight excluding hydrogens is 877 g/mol. The predicted molar refractivity (Wildman–Crippen MR) is 246 cm³/mol. The number of hydrogen-bond donors (Lipinski definition) is 0. The summed E-state index contributed by atoms with van der Waals surface area (Å²) in [6.07, 6.45) is -10.2. The first-order valence-corrected chi connectivity index (χ1v) is 22.5. The van der Waals surface area contributed by atoms with Gasteiger partial charge in [0.25, 0.3) is 0 Å². The standard InChI is InChI=1S/C53H58O15/c1-31-46(61-27-36-17-11-8-12-18-36)50(62-28-37-19-13-9-14-20-37)51(63-29-38-21-15-10-16-22-38)48(64-31)44-39-23-26-42(59-7)45(40(39)24-25-41(44)58-6)49-53(67-35(5)57)52(66-34(4)56)47(65-33(3)55)43(68-49)30-60-32(2)54/h8-26,31,43,46-53H,27-30H2,1-7H3/t31-,43+,46+,47-,48+,49-,50+,51+,52-,53-/m0/s1. The number of rotatable bonds is 18. The van der Waals surface area contributed by atoms with Crippen LogP contribution in [0.25, 0.3) is 10.8 Å². The van der Waals surface area contributed by atoms with E-state index in [0.717, 1.165) is 16.7 Å². The molecule has 2 aliphatic rings. The van der Waals surface area contributed by atoms with Gasteiger partial charge >= 0.3 is 23.9 Å². The molecule has 0 bridgehead atoms. The Morgan fingerprint density at radius 1 is 0.456 bits per heavy atom. The second kappa shape index (κ2) is 23.1. The summed E-state index contributed by atoms with van der Waals surface area (Å²) < 4.78 is 69.5. The van der Waals surface area contributed by atoms with Crippen LogP contribution in [0.2, 0.25) is 0 Å². The topological polar surface area (TPSA) is 170 Å². The largest absolute Gasteiger partial charge is 0.496 e. The second-order valence-corrected chi connectivity index (χ2v) is 16.6. The fourth-order valence-electron chi connectivity index (χ4n) is 8.96. The number of carbonyl (C=O) groups is 4. The van der Waals surface area contributed by atoms with E-state index in [1.54, 1.807) is 19.2 Å². The number of esters is 4. The molecular formula is C53H58O15. The lowest BCUT2D eigenvalue weighted by atomic mass is 9.84. The van der Waals surface area contributed by atoms with Crippen LogP contribution in [0.15, 0.2) is 115 Å². The fraction of sp³-hybridized carbons (Fsp3) is 0.396. The van der Waals surface area contributed by atoms with Crippen LogP contribution in [0, 0.1) is 0 Å². The summed E-state index contributed by atoms with van der Waals surface area (Å²) in [4.78, 5) is 50.5. The van der Waals surface area contributed by atoms with E-state index in [1.807, 2.05) is 110 Å². The maximum atomic E-state index is 13.0. The molecule has 68 heavy (non-hydrogen) atoms. The second-order valence-electron chi connectivity index (χ2n) is 16.6. The van der Waals surface area contributed by atoms with E-state index < -0.39 is 91.5 Å². The molecule has 2 fully saturated rings. The van der Waals surface area contributed by atoms with Gasteiger partial charge in [0, 0.05) is 38.8 Å². The lowest BCUT2D eigenvalue weighted by molar-refractivity contribution is -0.263. The number of carbonyl (C=O) groups excluding carboxylic acids is 4. The molecule has 0 N–H and O–H groups in total. The van der Waals surface area contributed by atoms with Crippen molar-refractivity contribution in [2.45, 2.75) is 115 Å². The molecule has 0 saturated carbocycles. The minimum absolute atomic E-state index is 0.202. The number of methoxy groups -OCH3 is 2. The normalized spacial score (nSPS) is 24.6. The summed E-state index contributed by atoms with van der Waals surface area (Å²) >= 11 is 0. The summed E-state index contributed by atoms with van der Waals surface area (Å²) in [6, 6.07) is 36.7. The molecule has 0 aliphatic carbocycles. The van der Waals surface area contributed by atoms with Crippen molar-refractivity contribution in [3.8, 4) is 11.5 Å². The molecule has 15 nitrogen and oxygen atoms in total. The summed E-state index contributed by atoms with van der Waals surface area (Å²) in [5.74, 6) is -2.10. The summed E-state index contributed by atoms with van der Waals surface area (Å²) in [5.41, 5.74) is 3.83. The molecule has 360 valence electrons. The maximum Gasteiger partial charge on any atom is 0.303 e. The molecule has 0 aromatic heterocycles. The van der Waals surface area contributed by atoms with Crippen LogP contribution in [0.5, 0.6) is 11.5 Å². The van der Waals surface area contributed by atoms with Gasteiger partial charge < -0.3 is 52.1 Å². The van der Waals surface area contributed by atoms with E-state index in [4.69, 9.17) is 52.1 Å². The van der Waals surface area contributed by atoms with Gasteiger partial charge in [0.2, 0.25) is 0 Å². The van der Waals surface area contributed by atoms with Crippen LogP contribution in [0.1, 0.15) is 74.6 Å². The Bertz CT molecular complexity index is 2480. The molecule has 2 heterocycles. The van der Waals surface area contributed by atoms with Crippen molar-refractivity contribution in [2.24, 2.45) is 0 Å². The fourth-order valence-corrected chi connectivity index (χ4v) is 8.96. The van der Waals surface area contributed by atoms with E-state index in [1.165, 1.54) is 34.8 Å². The van der Waals surface area contributed by atoms with Gasteiger partial charge in [-0.1, -0.05) is 103 Å². The van der Waals surface area contributed by atoms with Crippen molar-refractivity contribution >= 4 is 34.6 Å². The van der Waals surface area contributed by atoms with Gasteiger partial charge in [-0.15, -0.1) is 0 Å². The average Bonchev–Trinajstić information content (AvgIpc) is 3.33. The Morgan fingerprint density at radius 2 is 0.868 bits per heavy atom. The number of ether oxygens (including phenoxy) is 11. The van der Waals surface area contributed by atoms with Crippen molar-refractivity contribution in [1.29, 1.82) is 0 Å². The highest BCUT2D eigenvalue weighted by Crippen LogP contribution is 2.49. The zero-order chi connectivity index (χ0) is 48.3. The lowest BCUT2D eigenvalue weighted by Gasteiger charge is -2.46. The summed E-state index contributed by atoms with van der Waals surface area (Å²) in [5, 5.41) is 1.16. The van der Waals surface area contributed by atoms with Crippen molar-refractivity contribution in [1.82, 2.24) is 0 Å². The van der Waals surface area contributed by atoms with Crippen molar-refractivity contribution in [3.05, 3.63) is 143 Å². The molecule has 15 heteroatoms. The van der Waals surface area contributed by atoms with Gasteiger partial charge in [0.1, 0.15) is 54.7 Å². The van der Waals surface area contributed by atoms with Gasteiger partial charge in [-0.05, 0) is 46.5 Å². The number of benzene rings is 5. The highest BCUT2D eigenvalue weighted by molar-refractivity contribution is 5.93. The molecule has 5 aromatic rings. The Labute approximate surface area is 395 Å². The highest BCUT2D eigenvalue weighted by Gasteiger charge is 2.54. The van der Waals surface area contributed by atoms with Gasteiger partial charge in [-0.2, -0.15) is 0 Å². The SMILES string of the molecule is COc1ccc2c([C@@H]3O[C@H](COC(C)=O)[C@H](OC(C)=O)[C@H](OC(C)=O)[C@H]3OC(C)=O)c(OC)ccc2c1[C@H]1O[C@@H](C)[C@@H](OCc2ccccc2)[C@@H](OCc2ccccc2)[C@@H]1OCc1ccccc1. The Morgan fingerprint density at radius 3 is 1.31 bits per heavy atom. The molecule has 2 aliphatic heterocycles. The third kappa shape index (κ3) is 11.8. The van der Waals surface area contributed by atoms with E-state index >= 15 is 0 Å². The van der Waals surface area contributed by atoms with Crippen LogP contribution >= 0.6 is 0 Å². The molecule has 0 unspecified atom stereocenters. The van der Waals surface area contributed by atoms with E-state index in [0.29, 0.717) is 33.4 Å². The average molecular weight is 935 g/mol. The summed E-state index contributed by atoms with van der Waals surface area (Å²) in [7, 11) is 3.04. The quantitative estimate of drug-likeness (QED) is 0.0614. The number of fused-ring (bicyclic) bond motifs is 1.